The lowest BCUT2D eigenvalue weighted by molar-refractivity contribution is 0.0381. The minimum Gasteiger partial charge on any atom is -0.377 e. The summed E-state index contributed by atoms with van der Waals surface area (Å²) in [7, 11) is 0. The zero-order valence-electron chi connectivity index (χ0n) is 11.3. The van der Waals surface area contributed by atoms with Crippen LogP contribution in [-0.4, -0.2) is 32.4 Å². The van der Waals surface area contributed by atoms with Gasteiger partial charge in [-0.15, -0.1) is 0 Å². The van der Waals surface area contributed by atoms with Crippen LogP contribution in [0.1, 0.15) is 31.1 Å². The van der Waals surface area contributed by atoms with Gasteiger partial charge in [0.1, 0.15) is 0 Å². The van der Waals surface area contributed by atoms with E-state index in [1.807, 2.05) is 0 Å². The lowest BCUT2D eigenvalue weighted by atomic mass is 9.97. The van der Waals surface area contributed by atoms with E-state index in [0.29, 0.717) is 6.10 Å². The monoisotopic (exact) mass is 249 g/mol. The van der Waals surface area contributed by atoms with Gasteiger partial charge in [-0.05, 0) is 31.4 Å². The molecule has 0 bridgehead atoms. The molecule has 0 amide bonds. The minimum absolute atomic E-state index is 0.189. The predicted molar refractivity (Wildman–Crippen MR) is 72.8 cm³/mol. The standard InChI is InChI=1S/C15H23NO2/c1-12(2)17-10-8-16-11-15-14-6-4-3-5-13(14)7-9-18-15/h3-6,12,15-16H,7-11H2,1-2H3. The van der Waals surface area contributed by atoms with Crippen LogP contribution in [0, 0.1) is 0 Å². The van der Waals surface area contributed by atoms with Gasteiger partial charge in [-0.1, -0.05) is 24.3 Å². The van der Waals surface area contributed by atoms with Gasteiger partial charge in [-0.2, -0.15) is 0 Å². The van der Waals surface area contributed by atoms with E-state index in [4.69, 9.17) is 9.47 Å². The largest absolute Gasteiger partial charge is 0.377 e. The average molecular weight is 249 g/mol. The molecule has 3 nitrogen and oxygen atoms in total. The van der Waals surface area contributed by atoms with Gasteiger partial charge in [0, 0.05) is 13.1 Å². The molecule has 0 aliphatic carbocycles. The molecule has 100 valence electrons. The van der Waals surface area contributed by atoms with Crippen LogP contribution in [0.5, 0.6) is 0 Å². The molecule has 0 radical (unpaired) electrons. The molecule has 0 saturated carbocycles. The Morgan fingerprint density at radius 1 is 1.39 bits per heavy atom. The molecule has 2 rings (SSSR count). The smallest absolute Gasteiger partial charge is 0.0952 e. The van der Waals surface area contributed by atoms with E-state index >= 15 is 0 Å². The number of hydrogen-bond donors (Lipinski definition) is 1. The highest BCUT2D eigenvalue weighted by Crippen LogP contribution is 2.25. The van der Waals surface area contributed by atoms with Gasteiger partial charge in [-0.25, -0.2) is 0 Å². The molecule has 1 N–H and O–H groups in total. The summed E-state index contributed by atoms with van der Waals surface area (Å²) in [6, 6.07) is 8.56. The Kier molecular flexibility index (Phi) is 5.17. The van der Waals surface area contributed by atoms with Crippen molar-refractivity contribution in [2.24, 2.45) is 0 Å². The first-order valence-electron chi connectivity index (χ1n) is 6.79. The molecular weight excluding hydrogens is 226 g/mol. The molecule has 18 heavy (non-hydrogen) atoms. The summed E-state index contributed by atoms with van der Waals surface area (Å²) >= 11 is 0. The summed E-state index contributed by atoms with van der Waals surface area (Å²) < 4.78 is 11.3. The van der Waals surface area contributed by atoms with Crippen LogP contribution >= 0.6 is 0 Å². The predicted octanol–water partition coefficient (Wildman–Crippen LogP) is 2.32. The Bertz CT molecular complexity index is 365. The second-order valence-corrected chi connectivity index (χ2v) is 4.93. The highest BCUT2D eigenvalue weighted by Gasteiger charge is 2.19. The van der Waals surface area contributed by atoms with E-state index in [2.05, 4.69) is 43.4 Å². The normalized spacial score (nSPS) is 18.9. The molecule has 1 unspecified atom stereocenters. The van der Waals surface area contributed by atoms with Gasteiger partial charge in [0.2, 0.25) is 0 Å². The van der Waals surface area contributed by atoms with Crippen LogP contribution in [-0.2, 0) is 15.9 Å². The second-order valence-electron chi connectivity index (χ2n) is 4.93. The van der Waals surface area contributed by atoms with Gasteiger partial charge >= 0.3 is 0 Å². The first-order chi connectivity index (χ1) is 8.77. The molecule has 3 heteroatoms. The summed E-state index contributed by atoms with van der Waals surface area (Å²) in [4.78, 5) is 0. The van der Waals surface area contributed by atoms with E-state index in [1.165, 1.54) is 11.1 Å². The minimum atomic E-state index is 0.189. The van der Waals surface area contributed by atoms with Crippen molar-refractivity contribution < 1.29 is 9.47 Å². The Labute approximate surface area is 109 Å². The zero-order chi connectivity index (χ0) is 12.8. The van der Waals surface area contributed by atoms with Crippen LogP contribution < -0.4 is 5.32 Å². The first-order valence-corrected chi connectivity index (χ1v) is 6.79. The maximum Gasteiger partial charge on any atom is 0.0952 e. The van der Waals surface area contributed by atoms with Crippen molar-refractivity contribution in [3.63, 3.8) is 0 Å². The van der Waals surface area contributed by atoms with E-state index in [0.717, 1.165) is 32.7 Å². The Morgan fingerprint density at radius 3 is 3.06 bits per heavy atom. The van der Waals surface area contributed by atoms with Crippen molar-refractivity contribution in [2.75, 3.05) is 26.3 Å². The molecule has 1 aromatic carbocycles. The fraction of sp³-hybridized carbons (Fsp3) is 0.600. The maximum absolute atomic E-state index is 5.83. The van der Waals surface area contributed by atoms with Crippen LogP contribution in [0.25, 0.3) is 0 Å². The molecule has 1 atom stereocenters. The Morgan fingerprint density at radius 2 is 2.22 bits per heavy atom. The van der Waals surface area contributed by atoms with E-state index in [-0.39, 0.29) is 6.10 Å². The molecule has 0 fully saturated rings. The summed E-state index contributed by atoms with van der Waals surface area (Å²) in [6.07, 6.45) is 1.52. The SMILES string of the molecule is CC(C)OCCNCC1OCCc2ccccc21. The molecule has 0 saturated heterocycles. The number of fused-ring (bicyclic) bond motifs is 1. The molecular formula is C15H23NO2. The van der Waals surface area contributed by atoms with Crippen LogP contribution in [0.3, 0.4) is 0 Å². The van der Waals surface area contributed by atoms with Crippen molar-refractivity contribution in [1.29, 1.82) is 0 Å². The van der Waals surface area contributed by atoms with E-state index in [9.17, 15) is 0 Å². The van der Waals surface area contributed by atoms with Gasteiger partial charge < -0.3 is 14.8 Å². The van der Waals surface area contributed by atoms with Gasteiger partial charge in [0.15, 0.2) is 0 Å². The van der Waals surface area contributed by atoms with Crippen LogP contribution in [0.2, 0.25) is 0 Å². The summed E-state index contributed by atoms with van der Waals surface area (Å²) in [5.74, 6) is 0. The quantitative estimate of drug-likeness (QED) is 0.785. The molecule has 0 aromatic heterocycles. The Hall–Kier alpha value is -0.900. The Balaban J connectivity index is 1.77. The first kappa shape index (κ1) is 13.5. The summed E-state index contributed by atoms with van der Waals surface area (Å²) in [5.41, 5.74) is 2.76. The van der Waals surface area contributed by atoms with Crippen molar-refractivity contribution in [2.45, 2.75) is 32.5 Å². The zero-order valence-corrected chi connectivity index (χ0v) is 11.3. The highest BCUT2D eigenvalue weighted by molar-refractivity contribution is 5.31. The summed E-state index contributed by atoms with van der Waals surface area (Å²) in [6.45, 7) is 7.43. The van der Waals surface area contributed by atoms with Crippen molar-refractivity contribution in [1.82, 2.24) is 5.32 Å². The van der Waals surface area contributed by atoms with Crippen molar-refractivity contribution in [3.05, 3.63) is 35.4 Å². The number of nitrogens with one attached hydrogen (secondary N) is 1. The molecule has 1 aliphatic rings. The lowest BCUT2D eigenvalue weighted by Crippen LogP contribution is -2.30. The molecule has 0 spiro atoms. The van der Waals surface area contributed by atoms with Gasteiger partial charge in [0.05, 0.1) is 25.4 Å². The third kappa shape index (κ3) is 3.80. The van der Waals surface area contributed by atoms with Crippen molar-refractivity contribution in [3.8, 4) is 0 Å². The third-order valence-electron chi connectivity index (χ3n) is 3.15. The number of rotatable bonds is 6. The molecule has 1 aromatic rings. The van der Waals surface area contributed by atoms with E-state index in [1.54, 1.807) is 0 Å². The fourth-order valence-electron chi connectivity index (χ4n) is 2.25. The average Bonchev–Trinajstić information content (AvgIpc) is 2.38. The lowest BCUT2D eigenvalue weighted by Gasteiger charge is -2.26. The van der Waals surface area contributed by atoms with Crippen LogP contribution in [0.4, 0.5) is 0 Å². The molecule has 1 heterocycles. The van der Waals surface area contributed by atoms with E-state index < -0.39 is 0 Å². The van der Waals surface area contributed by atoms with Gasteiger partial charge in [0.25, 0.3) is 0 Å². The topological polar surface area (TPSA) is 30.5 Å². The second kappa shape index (κ2) is 6.88. The number of ether oxygens (including phenoxy) is 2. The fourth-order valence-corrected chi connectivity index (χ4v) is 2.25. The highest BCUT2D eigenvalue weighted by atomic mass is 16.5. The van der Waals surface area contributed by atoms with Gasteiger partial charge in [-0.3, -0.25) is 0 Å². The molecule has 1 aliphatic heterocycles. The number of hydrogen-bond acceptors (Lipinski definition) is 3. The third-order valence-corrected chi connectivity index (χ3v) is 3.15. The maximum atomic E-state index is 5.83. The number of benzene rings is 1. The summed E-state index contributed by atoms with van der Waals surface area (Å²) in [5, 5.41) is 3.40. The van der Waals surface area contributed by atoms with Crippen LogP contribution in [0.15, 0.2) is 24.3 Å². The van der Waals surface area contributed by atoms with Crippen molar-refractivity contribution >= 4 is 0 Å².